The summed E-state index contributed by atoms with van der Waals surface area (Å²) in [5.74, 6) is 1.38. The highest BCUT2D eigenvalue weighted by atomic mass is 32.2. The summed E-state index contributed by atoms with van der Waals surface area (Å²) in [5.41, 5.74) is 0. The van der Waals surface area contributed by atoms with Gasteiger partial charge >= 0.3 is 0 Å². The average Bonchev–Trinajstić information content (AvgIpc) is 2.64. The zero-order chi connectivity index (χ0) is 13.1. The van der Waals surface area contributed by atoms with Gasteiger partial charge in [-0.25, -0.2) is 8.42 Å². The summed E-state index contributed by atoms with van der Waals surface area (Å²) in [6, 6.07) is 3.54. The predicted octanol–water partition coefficient (Wildman–Crippen LogP) is 1.96. The van der Waals surface area contributed by atoms with Crippen LogP contribution < -0.4 is 5.32 Å². The molecule has 0 aliphatic carbocycles. The highest BCUT2D eigenvalue weighted by Gasteiger charge is 2.25. The van der Waals surface area contributed by atoms with E-state index in [1.165, 1.54) is 0 Å². The highest BCUT2D eigenvalue weighted by Crippen LogP contribution is 2.18. The maximum Gasteiger partial charge on any atom is 0.160 e. The minimum Gasteiger partial charge on any atom is -0.464 e. The zero-order valence-electron chi connectivity index (χ0n) is 10.9. The van der Waals surface area contributed by atoms with Crippen molar-refractivity contribution in [1.82, 2.24) is 5.32 Å². The number of furan rings is 1. The fourth-order valence-corrected chi connectivity index (χ4v) is 3.16. The minimum atomic E-state index is -3.13. The van der Waals surface area contributed by atoms with E-state index >= 15 is 0 Å². The number of nitrogens with one attached hydrogen (secondary N) is 1. The van der Waals surface area contributed by atoms with Crippen LogP contribution in [0.1, 0.15) is 32.3 Å². The summed E-state index contributed by atoms with van der Waals surface area (Å²) < 4.78 is 29.5. The predicted molar refractivity (Wildman–Crippen MR) is 68.4 cm³/mol. The van der Waals surface area contributed by atoms with Crippen LogP contribution >= 0.6 is 0 Å². The minimum absolute atomic E-state index is 0.0178. The lowest BCUT2D eigenvalue weighted by Gasteiger charge is -2.15. The molecule has 4 nitrogen and oxygen atoms in total. The van der Waals surface area contributed by atoms with Crippen molar-refractivity contribution in [2.75, 3.05) is 7.05 Å². The molecule has 1 N–H and O–H groups in total. The Morgan fingerprint density at radius 3 is 2.35 bits per heavy atom. The van der Waals surface area contributed by atoms with Crippen LogP contribution in [0.5, 0.6) is 0 Å². The molecule has 1 atom stereocenters. The van der Waals surface area contributed by atoms with Crippen LogP contribution in [0.4, 0.5) is 0 Å². The summed E-state index contributed by atoms with van der Waals surface area (Å²) in [6.07, 6.45) is 0. The Morgan fingerprint density at radius 2 is 1.82 bits per heavy atom. The lowest BCUT2D eigenvalue weighted by atomic mass is 10.2. The van der Waals surface area contributed by atoms with E-state index in [9.17, 15) is 8.42 Å². The maximum atomic E-state index is 12.0. The van der Waals surface area contributed by atoms with Crippen molar-refractivity contribution < 1.29 is 12.8 Å². The van der Waals surface area contributed by atoms with Gasteiger partial charge in [0.1, 0.15) is 17.3 Å². The van der Waals surface area contributed by atoms with Gasteiger partial charge in [0.2, 0.25) is 0 Å². The van der Waals surface area contributed by atoms with Crippen LogP contribution in [0.25, 0.3) is 0 Å². The third-order valence-electron chi connectivity index (χ3n) is 2.92. The van der Waals surface area contributed by atoms with Crippen molar-refractivity contribution in [3.63, 3.8) is 0 Å². The number of rotatable bonds is 6. The molecule has 98 valence electrons. The first-order chi connectivity index (χ1) is 7.86. The highest BCUT2D eigenvalue weighted by molar-refractivity contribution is 7.91. The molecule has 0 bridgehead atoms. The Kier molecular flexibility index (Phi) is 4.77. The average molecular weight is 259 g/mol. The zero-order valence-corrected chi connectivity index (χ0v) is 11.7. The van der Waals surface area contributed by atoms with Crippen molar-refractivity contribution >= 4 is 9.84 Å². The summed E-state index contributed by atoms with van der Waals surface area (Å²) in [6.45, 7) is 6.19. The molecule has 17 heavy (non-hydrogen) atoms. The molecule has 1 rings (SSSR count). The molecular formula is C12H21NO3S. The largest absolute Gasteiger partial charge is 0.464 e. The van der Waals surface area contributed by atoms with E-state index in [2.05, 4.69) is 5.32 Å². The molecule has 0 amide bonds. The fraction of sp³-hybridized carbons (Fsp3) is 0.667. The molecule has 1 heterocycles. The summed E-state index contributed by atoms with van der Waals surface area (Å²) >= 11 is 0. The van der Waals surface area contributed by atoms with E-state index in [-0.39, 0.29) is 16.9 Å². The molecule has 0 radical (unpaired) electrons. The lowest BCUT2D eigenvalue weighted by molar-refractivity contribution is 0.462. The first-order valence-corrected chi connectivity index (χ1v) is 7.52. The van der Waals surface area contributed by atoms with E-state index in [0.717, 1.165) is 5.76 Å². The molecule has 5 heteroatoms. The van der Waals surface area contributed by atoms with Crippen LogP contribution in [0.2, 0.25) is 0 Å². The molecule has 0 aliphatic rings. The Morgan fingerprint density at radius 1 is 1.24 bits per heavy atom. The second-order valence-electron chi connectivity index (χ2n) is 4.65. The smallest absolute Gasteiger partial charge is 0.160 e. The first-order valence-electron chi connectivity index (χ1n) is 5.80. The lowest BCUT2D eigenvalue weighted by Crippen LogP contribution is -2.24. The molecule has 1 aromatic heterocycles. The van der Waals surface area contributed by atoms with Gasteiger partial charge in [0, 0.05) is 0 Å². The van der Waals surface area contributed by atoms with Crippen molar-refractivity contribution in [2.24, 2.45) is 5.92 Å². The standard InChI is InChI=1S/C12H21NO3S/c1-9(2)10(3)17(14,15)8-12-6-5-11(16-12)7-13-4/h5-6,9-10,13H,7-8H2,1-4H3. The fourth-order valence-electron chi connectivity index (χ4n) is 1.51. The second kappa shape index (κ2) is 5.69. The number of hydrogen-bond donors (Lipinski definition) is 1. The van der Waals surface area contributed by atoms with Crippen LogP contribution in [0, 0.1) is 5.92 Å². The monoisotopic (exact) mass is 259 g/mol. The van der Waals surface area contributed by atoms with E-state index < -0.39 is 9.84 Å². The van der Waals surface area contributed by atoms with Crippen molar-refractivity contribution in [3.05, 3.63) is 23.7 Å². The van der Waals surface area contributed by atoms with Crippen LogP contribution in [-0.2, 0) is 22.1 Å². The first kappa shape index (κ1) is 14.3. The maximum absolute atomic E-state index is 12.0. The third kappa shape index (κ3) is 3.85. The quantitative estimate of drug-likeness (QED) is 0.848. The Labute approximate surface area is 103 Å². The number of sulfone groups is 1. The van der Waals surface area contributed by atoms with E-state index in [0.29, 0.717) is 12.3 Å². The van der Waals surface area contributed by atoms with Crippen molar-refractivity contribution in [2.45, 2.75) is 38.3 Å². The molecule has 0 fully saturated rings. The van der Waals surface area contributed by atoms with Gasteiger partial charge in [-0.15, -0.1) is 0 Å². The summed E-state index contributed by atoms with van der Waals surface area (Å²) in [4.78, 5) is 0. The summed E-state index contributed by atoms with van der Waals surface area (Å²) in [5, 5.41) is 2.61. The van der Waals surface area contributed by atoms with Crippen LogP contribution in [0.3, 0.4) is 0 Å². The van der Waals surface area contributed by atoms with E-state index in [1.807, 2.05) is 20.9 Å². The van der Waals surface area contributed by atoms with Gasteiger partial charge in [0.25, 0.3) is 0 Å². The van der Waals surface area contributed by atoms with Gasteiger partial charge in [-0.3, -0.25) is 0 Å². The van der Waals surface area contributed by atoms with E-state index in [1.54, 1.807) is 19.1 Å². The molecule has 0 saturated carbocycles. The molecule has 0 aromatic carbocycles. The second-order valence-corrected chi connectivity index (χ2v) is 7.01. The van der Waals surface area contributed by atoms with Gasteiger partial charge in [-0.05, 0) is 32.0 Å². The van der Waals surface area contributed by atoms with Gasteiger partial charge in [0.15, 0.2) is 9.84 Å². The molecule has 0 spiro atoms. The Bertz CT molecular complexity index is 448. The summed E-state index contributed by atoms with van der Waals surface area (Å²) in [7, 11) is -1.31. The number of hydrogen-bond acceptors (Lipinski definition) is 4. The van der Waals surface area contributed by atoms with Gasteiger partial charge in [0.05, 0.1) is 11.8 Å². The van der Waals surface area contributed by atoms with Gasteiger partial charge < -0.3 is 9.73 Å². The normalized spacial score (nSPS) is 14.2. The van der Waals surface area contributed by atoms with Crippen LogP contribution in [0.15, 0.2) is 16.5 Å². The van der Waals surface area contributed by atoms with E-state index in [4.69, 9.17) is 4.42 Å². The Hall–Kier alpha value is -0.810. The molecule has 1 aromatic rings. The molecule has 0 aliphatic heterocycles. The van der Waals surface area contributed by atoms with Crippen molar-refractivity contribution in [1.29, 1.82) is 0 Å². The molecular weight excluding hydrogens is 238 g/mol. The topological polar surface area (TPSA) is 59.3 Å². The van der Waals surface area contributed by atoms with Gasteiger partial charge in [-0.1, -0.05) is 13.8 Å². The Balaban J connectivity index is 2.76. The van der Waals surface area contributed by atoms with Crippen LogP contribution in [-0.4, -0.2) is 20.7 Å². The van der Waals surface area contributed by atoms with Crippen molar-refractivity contribution in [3.8, 4) is 0 Å². The third-order valence-corrected chi connectivity index (χ3v) is 5.28. The molecule has 0 saturated heterocycles. The van der Waals surface area contributed by atoms with Gasteiger partial charge in [-0.2, -0.15) is 0 Å². The molecule has 1 unspecified atom stereocenters. The SMILES string of the molecule is CNCc1ccc(CS(=O)(=O)C(C)C(C)C)o1.